The Morgan fingerprint density at radius 1 is 1.32 bits per heavy atom. The monoisotopic (exact) mass is 319 g/mol. The molecule has 3 rings (SSSR count). The average Bonchev–Trinajstić information content (AvgIpc) is 2.53. The van der Waals surface area contributed by atoms with E-state index in [2.05, 4.69) is 12.1 Å². The number of amides is 1. The van der Waals surface area contributed by atoms with E-state index in [0.29, 0.717) is 19.5 Å². The molecule has 1 N–H and O–H groups in total. The number of likely N-dealkylation sites (tertiary alicyclic amines) is 1. The van der Waals surface area contributed by atoms with E-state index < -0.39 is 5.97 Å². The number of carboxylic acids is 1. The van der Waals surface area contributed by atoms with Gasteiger partial charge in [-0.2, -0.15) is 0 Å². The lowest BCUT2D eigenvalue weighted by Crippen LogP contribution is -2.46. The molecular weight excluding hydrogens is 298 g/mol. The fourth-order valence-corrected chi connectivity index (χ4v) is 4.75. The third kappa shape index (κ3) is 2.86. The van der Waals surface area contributed by atoms with Crippen LogP contribution in [0.4, 0.5) is 0 Å². The molecule has 0 saturated carbocycles. The van der Waals surface area contributed by atoms with Crippen molar-refractivity contribution in [1.82, 2.24) is 4.90 Å². The zero-order valence-corrected chi connectivity index (χ0v) is 13.5. The standard InChI is InChI=1S/C17H21NO3S/c1-11-10-18(8-6-13(11)17(20)21)16(19)15-14-5-3-2-4-12(14)7-9-22-15/h2-5,11,13,15H,6-10H2,1H3,(H,20,21). The number of carboxylic acid groups (broad SMARTS) is 1. The summed E-state index contributed by atoms with van der Waals surface area (Å²) in [7, 11) is 0. The van der Waals surface area contributed by atoms with Crippen LogP contribution < -0.4 is 0 Å². The first-order valence-electron chi connectivity index (χ1n) is 7.79. The van der Waals surface area contributed by atoms with Crippen LogP contribution in [-0.4, -0.2) is 40.7 Å². The number of carbonyl (C=O) groups is 2. The third-order valence-corrected chi connectivity index (χ3v) is 5.98. The fraction of sp³-hybridized carbons (Fsp3) is 0.529. The van der Waals surface area contributed by atoms with Crippen molar-refractivity contribution in [3.8, 4) is 0 Å². The van der Waals surface area contributed by atoms with E-state index in [-0.39, 0.29) is 23.0 Å². The Bertz CT molecular complexity index is 589. The maximum Gasteiger partial charge on any atom is 0.306 e. The van der Waals surface area contributed by atoms with E-state index in [1.54, 1.807) is 11.8 Å². The first-order valence-corrected chi connectivity index (χ1v) is 8.84. The molecule has 1 amide bonds. The van der Waals surface area contributed by atoms with E-state index in [0.717, 1.165) is 17.7 Å². The smallest absolute Gasteiger partial charge is 0.306 e. The number of piperidine rings is 1. The van der Waals surface area contributed by atoms with Crippen LogP contribution in [0.2, 0.25) is 0 Å². The van der Waals surface area contributed by atoms with Crippen molar-refractivity contribution in [3.05, 3.63) is 35.4 Å². The SMILES string of the molecule is CC1CN(C(=O)C2SCCc3ccccc32)CCC1C(=O)O. The van der Waals surface area contributed by atoms with Crippen LogP contribution in [0, 0.1) is 11.8 Å². The molecule has 118 valence electrons. The van der Waals surface area contributed by atoms with Crippen molar-refractivity contribution < 1.29 is 14.7 Å². The summed E-state index contributed by atoms with van der Waals surface area (Å²) >= 11 is 1.71. The summed E-state index contributed by atoms with van der Waals surface area (Å²) < 4.78 is 0. The van der Waals surface area contributed by atoms with Gasteiger partial charge in [-0.05, 0) is 35.6 Å². The predicted molar refractivity (Wildman–Crippen MR) is 86.8 cm³/mol. The highest BCUT2D eigenvalue weighted by Crippen LogP contribution is 2.39. The molecule has 1 fully saturated rings. The first-order chi connectivity index (χ1) is 10.6. The lowest BCUT2D eigenvalue weighted by Gasteiger charge is -2.37. The molecule has 3 atom stereocenters. The van der Waals surface area contributed by atoms with Crippen LogP contribution in [0.5, 0.6) is 0 Å². The number of benzene rings is 1. The van der Waals surface area contributed by atoms with Crippen LogP contribution >= 0.6 is 11.8 Å². The van der Waals surface area contributed by atoms with Gasteiger partial charge >= 0.3 is 5.97 Å². The molecule has 0 aliphatic carbocycles. The minimum atomic E-state index is -0.739. The lowest BCUT2D eigenvalue weighted by molar-refractivity contribution is -0.148. The first kappa shape index (κ1) is 15.4. The second kappa shape index (κ2) is 6.32. The van der Waals surface area contributed by atoms with Crippen molar-refractivity contribution in [2.45, 2.75) is 25.0 Å². The van der Waals surface area contributed by atoms with Crippen molar-refractivity contribution >= 4 is 23.6 Å². The normalized spacial score (nSPS) is 28.0. The van der Waals surface area contributed by atoms with Crippen LogP contribution in [0.3, 0.4) is 0 Å². The van der Waals surface area contributed by atoms with Gasteiger partial charge in [0.05, 0.1) is 5.92 Å². The van der Waals surface area contributed by atoms with Crippen LogP contribution in [0.1, 0.15) is 29.7 Å². The van der Waals surface area contributed by atoms with Crippen molar-refractivity contribution in [1.29, 1.82) is 0 Å². The number of aryl methyl sites for hydroxylation is 1. The van der Waals surface area contributed by atoms with Gasteiger partial charge in [0.2, 0.25) is 5.91 Å². The number of carbonyl (C=O) groups excluding carboxylic acids is 1. The Morgan fingerprint density at radius 3 is 2.82 bits per heavy atom. The van der Waals surface area contributed by atoms with Gasteiger partial charge in [-0.15, -0.1) is 11.8 Å². The second-order valence-electron chi connectivity index (χ2n) is 6.19. The maximum atomic E-state index is 12.9. The zero-order chi connectivity index (χ0) is 15.7. The number of fused-ring (bicyclic) bond motifs is 1. The third-order valence-electron chi connectivity index (χ3n) is 4.75. The average molecular weight is 319 g/mol. The topological polar surface area (TPSA) is 57.6 Å². The van der Waals surface area contributed by atoms with Gasteiger partial charge in [-0.1, -0.05) is 31.2 Å². The molecule has 1 aromatic rings. The molecule has 1 saturated heterocycles. The van der Waals surface area contributed by atoms with Crippen LogP contribution in [0.25, 0.3) is 0 Å². The van der Waals surface area contributed by atoms with Crippen molar-refractivity contribution in [2.24, 2.45) is 11.8 Å². The molecular formula is C17H21NO3S. The summed E-state index contributed by atoms with van der Waals surface area (Å²) in [6, 6.07) is 8.17. The molecule has 0 aromatic heterocycles. The highest BCUT2D eigenvalue weighted by Gasteiger charge is 2.36. The number of hydrogen-bond donors (Lipinski definition) is 1. The number of aliphatic carboxylic acids is 1. The van der Waals surface area contributed by atoms with Crippen LogP contribution in [-0.2, 0) is 16.0 Å². The predicted octanol–water partition coefficient (Wildman–Crippen LogP) is 2.59. The molecule has 22 heavy (non-hydrogen) atoms. The van der Waals surface area contributed by atoms with Gasteiger partial charge in [0.1, 0.15) is 5.25 Å². The minimum absolute atomic E-state index is 0.0130. The number of hydrogen-bond acceptors (Lipinski definition) is 3. The Kier molecular flexibility index (Phi) is 4.43. The van der Waals surface area contributed by atoms with E-state index in [1.807, 2.05) is 24.0 Å². The summed E-state index contributed by atoms with van der Waals surface area (Å²) in [5.74, 6) is 0.0633. The molecule has 0 radical (unpaired) electrons. The molecule has 3 unspecified atom stereocenters. The molecule has 4 nitrogen and oxygen atoms in total. The van der Waals surface area contributed by atoms with Gasteiger partial charge in [0.15, 0.2) is 0 Å². The molecule has 0 spiro atoms. The van der Waals surface area contributed by atoms with E-state index in [4.69, 9.17) is 0 Å². The zero-order valence-electron chi connectivity index (χ0n) is 12.7. The summed E-state index contributed by atoms with van der Waals surface area (Å²) in [6.45, 7) is 3.04. The number of rotatable bonds is 2. The van der Waals surface area contributed by atoms with Crippen molar-refractivity contribution in [3.63, 3.8) is 0 Å². The lowest BCUT2D eigenvalue weighted by atomic mass is 9.86. The van der Waals surface area contributed by atoms with E-state index in [1.165, 1.54) is 5.56 Å². The quantitative estimate of drug-likeness (QED) is 0.910. The number of nitrogens with zero attached hydrogens (tertiary/aromatic N) is 1. The maximum absolute atomic E-state index is 12.9. The Labute approximate surface area is 134 Å². The van der Waals surface area contributed by atoms with Gasteiger partial charge in [0, 0.05) is 13.1 Å². The highest BCUT2D eigenvalue weighted by molar-refractivity contribution is 8.00. The Balaban J connectivity index is 1.75. The summed E-state index contributed by atoms with van der Waals surface area (Å²) in [5.41, 5.74) is 2.41. The Hall–Kier alpha value is -1.49. The Morgan fingerprint density at radius 2 is 2.09 bits per heavy atom. The number of thioether (sulfide) groups is 1. The van der Waals surface area contributed by atoms with Gasteiger partial charge in [0.25, 0.3) is 0 Å². The minimum Gasteiger partial charge on any atom is -0.481 e. The van der Waals surface area contributed by atoms with E-state index in [9.17, 15) is 14.7 Å². The van der Waals surface area contributed by atoms with Gasteiger partial charge in [-0.25, -0.2) is 0 Å². The molecule has 2 aliphatic rings. The summed E-state index contributed by atoms with van der Waals surface area (Å²) in [6.07, 6.45) is 1.57. The summed E-state index contributed by atoms with van der Waals surface area (Å²) in [4.78, 5) is 26.0. The molecule has 5 heteroatoms. The molecule has 2 aliphatic heterocycles. The van der Waals surface area contributed by atoms with E-state index >= 15 is 0 Å². The highest BCUT2D eigenvalue weighted by atomic mass is 32.2. The molecule has 1 aromatic carbocycles. The van der Waals surface area contributed by atoms with Crippen molar-refractivity contribution in [2.75, 3.05) is 18.8 Å². The fourth-order valence-electron chi connectivity index (χ4n) is 3.48. The molecule has 0 bridgehead atoms. The second-order valence-corrected chi connectivity index (χ2v) is 7.41. The van der Waals surface area contributed by atoms with Gasteiger partial charge in [-0.3, -0.25) is 9.59 Å². The van der Waals surface area contributed by atoms with Gasteiger partial charge < -0.3 is 10.0 Å². The molecule has 2 heterocycles. The largest absolute Gasteiger partial charge is 0.481 e. The summed E-state index contributed by atoms with van der Waals surface area (Å²) in [5, 5.41) is 9.08. The van der Waals surface area contributed by atoms with Crippen LogP contribution in [0.15, 0.2) is 24.3 Å².